The number of nitrogens with zero attached hydrogens (tertiary/aromatic N) is 2. The lowest BCUT2D eigenvalue weighted by atomic mass is 10.1. The molecule has 0 aliphatic rings. The number of aromatic nitrogens is 1. The Kier molecular flexibility index (Phi) is 5.56. The molecule has 8 nitrogen and oxygen atoms in total. The van der Waals surface area contributed by atoms with E-state index in [9.17, 15) is 4.79 Å². The minimum absolute atomic E-state index is 0.0465. The Hall–Kier alpha value is -3.29. The lowest BCUT2D eigenvalue weighted by Gasteiger charge is -2.12. The SMILES string of the molecule is COc1cc(OC)c(C(=O)O/N=C(/N)c2ccncc2)cc1OC. The van der Waals surface area contributed by atoms with Crippen LogP contribution in [-0.4, -0.2) is 38.1 Å². The van der Waals surface area contributed by atoms with Gasteiger partial charge in [0, 0.05) is 30.1 Å². The van der Waals surface area contributed by atoms with Gasteiger partial charge in [-0.2, -0.15) is 0 Å². The van der Waals surface area contributed by atoms with Crippen molar-refractivity contribution in [3.63, 3.8) is 0 Å². The summed E-state index contributed by atoms with van der Waals surface area (Å²) in [4.78, 5) is 21.0. The summed E-state index contributed by atoms with van der Waals surface area (Å²) in [5.74, 6) is 0.340. The van der Waals surface area contributed by atoms with Gasteiger partial charge in [-0.05, 0) is 12.1 Å². The zero-order valence-corrected chi connectivity index (χ0v) is 13.5. The molecule has 1 heterocycles. The number of amidine groups is 1. The molecule has 126 valence electrons. The second-order valence-electron chi connectivity index (χ2n) is 4.50. The van der Waals surface area contributed by atoms with E-state index in [2.05, 4.69) is 10.1 Å². The molecular weight excluding hydrogens is 314 g/mol. The molecule has 2 rings (SSSR count). The summed E-state index contributed by atoms with van der Waals surface area (Å²) in [6.07, 6.45) is 3.10. The van der Waals surface area contributed by atoms with Crippen molar-refractivity contribution >= 4 is 11.8 Å². The van der Waals surface area contributed by atoms with Gasteiger partial charge >= 0.3 is 5.97 Å². The van der Waals surface area contributed by atoms with Crippen LogP contribution in [0, 0.1) is 0 Å². The fourth-order valence-electron chi connectivity index (χ4n) is 1.90. The predicted octanol–water partition coefficient (Wildman–Crippen LogP) is 1.58. The fraction of sp³-hybridized carbons (Fsp3) is 0.188. The van der Waals surface area contributed by atoms with Gasteiger partial charge in [-0.15, -0.1) is 0 Å². The quantitative estimate of drug-likeness (QED) is 0.371. The first-order valence-electron chi connectivity index (χ1n) is 6.86. The molecule has 0 saturated carbocycles. The molecule has 0 radical (unpaired) electrons. The second kappa shape index (κ2) is 7.82. The van der Waals surface area contributed by atoms with Crippen LogP contribution in [0.4, 0.5) is 0 Å². The van der Waals surface area contributed by atoms with Crippen LogP contribution in [0.3, 0.4) is 0 Å². The normalized spacial score (nSPS) is 10.9. The van der Waals surface area contributed by atoms with Gasteiger partial charge in [0.15, 0.2) is 17.3 Å². The summed E-state index contributed by atoms with van der Waals surface area (Å²) in [5, 5.41) is 3.63. The van der Waals surface area contributed by atoms with Crippen molar-refractivity contribution < 1.29 is 23.8 Å². The van der Waals surface area contributed by atoms with E-state index in [0.29, 0.717) is 17.1 Å². The molecule has 0 unspecified atom stereocenters. The van der Waals surface area contributed by atoms with Gasteiger partial charge in [-0.3, -0.25) is 4.98 Å². The topological polar surface area (TPSA) is 105 Å². The van der Waals surface area contributed by atoms with Crippen LogP contribution in [-0.2, 0) is 4.84 Å². The zero-order valence-electron chi connectivity index (χ0n) is 13.5. The van der Waals surface area contributed by atoms with Crippen molar-refractivity contribution in [1.82, 2.24) is 4.98 Å². The number of hydrogen-bond donors (Lipinski definition) is 1. The van der Waals surface area contributed by atoms with E-state index in [-0.39, 0.29) is 17.1 Å². The molecule has 0 aliphatic carbocycles. The van der Waals surface area contributed by atoms with Crippen molar-refractivity contribution in [2.45, 2.75) is 0 Å². The standard InChI is InChI=1S/C16H17N3O5/c1-21-12-9-14(23-3)13(22-2)8-11(12)16(20)24-19-15(17)10-4-6-18-7-5-10/h4-9H,1-3H3,(H2,17,19). The van der Waals surface area contributed by atoms with Gasteiger partial charge in [0.25, 0.3) is 0 Å². The number of carbonyl (C=O) groups is 1. The maximum atomic E-state index is 12.3. The van der Waals surface area contributed by atoms with Gasteiger partial charge in [-0.1, -0.05) is 5.16 Å². The summed E-state index contributed by atoms with van der Waals surface area (Å²) in [5.41, 5.74) is 6.47. The van der Waals surface area contributed by atoms with Crippen LogP contribution >= 0.6 is 0 Å². The number of rotatable bonds is 6. The highest BCUT2D eigenvalue weighted by atomic mass is 16.7. The minimum Gasteiger partial charge on any atom is -0.496 e. The number of nitrogens with two attached hydrogens (primary N) is 1. The van der Waals surface area contributed by atoms with Crippen LogP contribution in [0.1, 0.15) is 15.9 Å². The third-order valence-electron chi connectivity index (χ3n) is 3.13. The van der Waals surface area contributed by atoms with Crippen LogP contribution < -0.4 is 19.9 Å². The number of ether oxygens (including phenoxy) is 3. The Balaban J connectivity index is 2.26. The molecule has 0 fully saturated rings. The van der Waals surface area contributed by atoms with E-state index in [1.807, 2.05) is 0 Å². The van der Waals surface area contributed by atoms with Crippen LogP contribution in [0.2, 0.25) is 0 Å². The van der Waals surface area contributed by atoms with E-state index >= 15 is 0 Å². The molecule has 0 aliphatic heterocycles. The first kappa shape index (κ1) is 17.1. The Labute approximate surface area is 138 Å². The lowest BCUT2D eigenvalue weighted by Crippen LogP contribution is -2.15. The number of pyridine rings is 1. The van der Waals surface area contributed by atoms with Crippen LogP contribution in [0.25, 0.3) is 0 Å². The number of benzene rings is 1. The highest BCUT2D eigenvalue weighted by Gasteiger charge is 2.19. The summed E-state index contributed by atoms with van der Waals surface area (Å²) < 4.78 is 15.5. The average Bonchev–Trinajstić information content (AvgIpc) is 2.65. The van der Waals surface area contributed by atoms with E-state index < -0.39 is 5.97 Å². The number of carbonyl (C=O) groups excluding carboxylic acids is 1. The number of methoxy groups -OCH3 is 3. The summed E-state index contributed by atoms with van der Waals surface area (Å²) in [6, 6.07) is 6.25. The maximum Gasteiger partial charge on any atom is 0.369 e. The minimum atomic E-state index is -0.746. The molecule has 0 amide bonds. The molecule has 8 heteroatoms. The van der Waals surface area contributed by atoms with Crippen molar-refractivity contribution in [2.24, 2.45) is 10.9 Å². The zero-order chi connectivity index (χ0) is 17.5. The van der Waals surface area contributed by atoms with E-state index in [0.717, 1.165) is 0 Å². The van der Waals surface area contributed by atoms with Crippen LogP contribution in [0.5, 0.6) is 17.2 Å². The van der Waals surface area contributed by atoms with E-state index in [4.69, 9.17) is 24.8 Å². The fourth-order valence-corrected chi connectivity index (χ4v) is 1.90. The molecule has 2 aromatic rings. The molecule has 1 aromatic heterocycles. The van der Waals surface area contributed by atoms with Crippen molar-refractivity contribution in [3.05, 3.63) is 47.8 Å². The maximum absolute atomic E-state index is 12.3. The Morgan fingerprint density at radius 3 is 2.17 bits per heavy atom. The molecule has 1 aromatic carbocycles. The molecule has 0 bridgehead atoms. The van der Waals surface area contributed by atoms with Gasteiger partial charge in [0.2, 0.25) is 0 Å². The molecule has 0 atom stereocenters. The largest absolute Gasteiger partial charge is 0.496 e. The number of hydrogen-bond acceptors (Lipinski definition) is 7. The smallest absolute Gasteiger partial charge is 0.369 e. The highest BCUT2D eigenvalue weighted by Crippen LogP contribution is 2.34. The van der Waals surface area contributed by atoms with Gasteiger partial charge in [0.1, 0.15) is 11.3 Å². The first-order chi connectivity index (χ1) is 11.6. The van der Waals surface area contributed by atoms with Crippen molar-refractivity contribution in [3.8, 4) is 17.2 Å². The Morgan fingerprint density at radius 2 is 1.58 bits per heavy atom. The Morgan fingerprint density at radius 1 is 1.00 bits per heavy atom. The van der Waals surface area contributed by atoms with Crippen molar-refractivity contribution in [1.29, 1.82) is 0 Å². The first-order valence-corrected chi connectivity index (χ1v) is 6.86. The number of oxime groups is 1. The van der Waals surface area contributed by atoms with Gasteiger partial charge in [0.05, 0.1) is 21.3 Å². The Bertz CT molecular complexity index is 747. The summed E-state index contributed by atoms with van der Waals surface area (Å²) >= 11 is 0. The van der Waals surface area contributed by atoms with Gasteiger partial charge in [-0.25, -0.2) is 4.79 Å². The summed E-state index contributed by atoms with van der Waals surface area (Å²) in [7, 11) is 4.36. The third kappa shape index (κ3) is 3.72. The monoisotopic (exact) mass is 331 g/mol. The van der Waals surface area contributed by atoms with E-state index in [1.54, 1.807) is 24.5 Å². The predicted molar refractivity (Wildman–Crippen MR) is 86.5 cm³/mol. The molecular formula is C16H17N3O5. The van der Waals surface area contributed by atoms with Crippen LogP contribution in [0.15, 0.2) is 41.8 Å². The van der Waals surface area contributed by atoms with Crippen molar-refractivity contribution in [2.75, 3.05) is 21.3 Å². The van der Waals surface area contributed by atoms with Gasteiger partial charge < -0.3 is 24.8 Å². The highest BCUT2D eigenvalue weighted by molar-refractivity contribution is 5.98. The second-order valence-corrected chi connectivity index (χ2v) is 4.50. The molecule has 0 spiro atoms. The molecule has 24 heavy (non-hydrogen) atoms. The lowest BCUT2D eigenvalue weighted by molar-refractivity contribution is 0.0512. The molecule has 2 N–H and O–H groups in total. The third-order valence-corrected chi connectivity index (χ3v) is 3.13. The summed E-state index contributed by atoms with van der Waals surface area (Å²) in [6.45, 7) is 0. The molecule has 0 saturated heterocycles. The van der Waals surface area contributed by atoms with E-state index in [1.165, 1.54) is 33.5 Å². The average molecular weight is 331 g/mol.